The van der Waals surface area contributed by atoms with Gasteiger partial charge in [0.25, 0.3) is 10.0 Å². The van der Waals surface area contributed by atoms with E-state index >= 15 is 0 Å². The van der Waals surface area contributed by atoms with Crippen molar-refractivity contribution in [2.75, 3.05) is 4.72 Å². The van der Waals surface area contributed by atoms with E-state index in [4.69, 9.17) is 16.7 Å². The Morgan fingerprint density at radius 1 is 1.45 bits per heavy atom. The number of carboxylic acids is 1. The first-order valence-corrected chi connectivity index (χ1v) is 7.20. The number of anilines is 1. The van der Waals surface area contributed by atoms with E-state index < -0.39 is 16.0 Å². The first-order valence-electron chi connectivity index (χ1n) is 5.33. The zero-order valence-electron chi connectivity index (χ0n) is 10.2. The normalized spacial score (nSPS) is 11.3. The van der Waals surface area contributed by atoms with Crippen LogP contribution < -0.4 is 4.72 Å². The zero-order valence-corrected chi connectivity index (χ0v) is 11.8. The van der Waals surface area contributed by atoms with Crippen LogP contribution in [0.1, 0.15) is 10.5 Å². The highest BCUT2D eigenvalue weighted by atomic mass is 35.5. The summed E-state index contributed by atoms with van der Waals surface area (Å²) in [4.78, 5) is 14.5. The van der Waals surface area contributed by atoms with Gasteiger partial charge in [-0.1, -0.05) is 11.6 Å². The van der Waals surface area contributed by atoms with E-state index in [1.807, 2.05) is 0 Å². The molecule has 20 heavy (non-hydrogen) atoms. The van der Waals surface area contributed by atoms with Crippen molar-refractivity contribution >= 4 is 33.3 Å². The molecule has 0 amide bonds. The minimum atomic E-state index is -3.88. The zero-order chi connectivity index (χ0) is 14.9. The third-order valence-electron chi connectivity index (χ3n) is 2.49. The molecule has 2 aromatic heterocycles. The minimum absolute atomic E-state index is 0.125. The molecule has 0 aliphatic heterocycles. The van der Waals surface area contributed by atoms with Crippen LogP contribution in [0.3, 0.4) is 0 Å². The lowest BCUT2D eigenvalue weighted by molar-refractivity contribution is 0.0686. The largest absolute Gasteiger partial charge is 0.477 e. The standard InChI is InChI=1S/C11H10ClN3O4S/c1-15-6-8(4-9(15)11(16)17)20(18,19)14-7-2-3-10(12)13-5-7/h2-6,14H,1H3,(H,16,17). The number of sulfonamides is 1. The lowest BCUT2D eigenvalue weighted by Crippen LogP contribution is -2.12. The van der Waals surface area contributed by atoms with E-state index in [9.17, 15) is 13.2 Å². The molecule has 0 fully saturated rings. The first-order chi connectivity index (χ1) is 9.29. The number of aromatic nitrogens is 2. The molecule has 0 saturated heterocycles. The summed E-state index contributed by atoms with van der Waals surface area (Å²) in [6.45, 7) is 0. The lowest BCUT2D eigenvalue weighted by Gasteiger charge is -2.05. The Morgan fingerprint density at radius 3 is 2.65 bits per heavy atom. The molecule has 2 N–H and O–H groups in total. The average Bonchev–Trinajstić information content (AvgIpc) is 2.75. The molecular weight excluding hydrogens is 306 g/mol. The highest BCUT2D eigenvalue weighted by molar-refractivity contribution is 7.92. The highest BCUT2D eigenvalue weighted by Gasteiger charge is 2.20. The summed E-state index contributed by atoms with van der Waals surface area (Å²) in [5.41, 5.74) is 0.106. The Hall–Kier alpha value is -2.06. The number of nitrogens with one attached hydrogen (secondary N) is 1. The van der Waals surface area contributed by atoms with E-state index in [1.54, 1.807) is 0 Å². The van der Waals surface area contributed by atoms with Gasteiger partial charge in [0.1, 0.15) is 15.7 Å². The maximum atomic E-state index is 12.1. The Morgan fingerprint density at radius 2 is 2.15 bits per heavy atom. The van der Waals surface area contributed by atoms with Crippen molar-refractivity contribution in [3.63, 3.8) is 0 Å². The van der Waals surface area contributed by atoms with Crippen molar-refractivity contribution in [1.29, 1.82) is 0 Å². The van der Waals surface area contributed by atoms with Gasteiger partial charge >= 0.3 is 5.97 Å². The molecule has 0 aromatic carbocycles. The molecule has 2 rings (SSSR count). The van der Waals surface area contributed by atoms with Crippen LogP contribution in [0.15, 0.2) is 35.5 Å². The van der Waals surface area contributed by atoms with Crippen LogP contribution in [0.25, 0.3) is 0 Å². The summed E-state index contributed by atoms with van der Waals surface area (Å²) >= 11 is 5.60. The Kier molecular flexibility index (Phi) is 3.69. The number of rotatable bonds is 4. The molecule has 2 aromatic rings. The number of aryl methyl sites for hydroxylation is 1. The average molecular weight is 316 g/mol. The maximum absolute atomic E-state index is 12.1. The second kappa shape index (κ2) is 5.14. The summed E-state index contributed by atoms with van der Waals surface area (Å²) in [7, 11) is -2.43. The van der Waals surface area contributed by atoms with E-state index in [1.165, 1.54) is 36.1 Å². The van der Waals surface area contributed by atoms with Gasteiger partial charge in [0.15, 0.2) is 0 Å². The molecule has 0 unspecified atom stereocenters. The molecular formula is C11H10ClN3O4S. The summed E-state index contributed by atoms with van der Waals surface area (Å²) in [6.07, 6.45) is 2.48. The quantitative estimate of drug-likeness (QED) is 0.834. The van der Waals surface area contributed by atoms with E-state index in [2.05, 4.69) is 9.71 Å². The molecule has 0 aliphatic carbocycles. The van der Waals surface area contributed by atoms with Crippen molar-refractivity contribution in [3.05, 3.63) is 41.4 Å². The van der Waals surface area contributed by atoms with Crippen molar-refractivity contribution < 1.29 is 18.3 Å². The van der Waals surface area contributed by atoms with Gasteiger partial charge in [-0.15, -0.1) is 0 Å². The van der Waals surface area contributed by atoms with Crippen molar-refractivity contribution in [1.82, 2.24) is 9.55 Å². The third kappa shape index (κ3) is 2.91. The fourth-order valence-corrected chi connectivity index (χ4v) is 2.77. The van der Waals surface area contributed by atoms with Gasteiger partial charge < -0.3 is 9.67 Å². The highest BCUT2D eigenvalue weighted by Crippen LogP contribution is 2.18. The maximum Gasteiger partial charge on any atom is 0.352 e. The fourth-order valence-electron chi connectivity index (χ4n) is 1.54. The molecule has 0 aliphatic rings. The molecule has 9 heteroatoms. The summed E-state index contributed by atoms with van der Waals surface area (Å²) in [5, 5.41) is 9.14. The Balaban J connectivity index is 2.33. The smallest absolute Gasteiger partial charge is 0.352 e. The van der Waals surface area contributed by atoms with Gasteiger partial charge in [-0.3, -0.25) is 4.72 Å². The van der Waals surface area contributed by atoms with Crippen molar-refractivity contribution in [3.8, 4) is 0 Å². The predicted octanol–water partition coefficient (Wildman–Crippen LogP) is 1.57. The van der Waals surface area contributed by atoms with Gasteiger partial charge in [-0.25, -0.2) is 18.2 Å². The van der Waals surface area contributed by atoms with Gasteiger partial charge in [0.05, 0.1) is 11.9 Å². The summed E-state index contributed by atoms with van der Waals surface area (Å²) < 4.78 is 27.7. The molecule has 7 nitrogen and oxygen atoms in total. The van der Waals surface area contributed by atoms with Crippen LogP contribution >= 0.6 is 11.6 Å². The van der Waals surface area contributed by atoms with Gasteiger partial charge in [0, 0.05) is 13.2 Å². The van der Waals surface area contributed by atoms with Crippen molar-refractivity contribution in [2.45, 2.75) is 4.90 Å². The van der Waals surface area contributed by atoms with Gasteiger partial charge in [-0.05, 0) is 18.2 Å². The molecule has 0 bridgehead atoms. The van der Waals surface area contributed by atoms with Crippen LogP contribution in [0.4, 0.5) is 5.69 Å². The summed E-state index contributed by atoms with van der Waals surface area (Å²) in [6, 6.07) is 3.97. The first kappa shape index (κ1) is 14.4. The Labute approximate surface area is 119 Å². The second-order valence-corrected chi connectivity index (χ2v) is 6.02. The number of halogens is 1. The van der Waals surface area contributed by atoms with Gasteiger partial charge in [-0.2, -0.15) is 0 Å². The second-order valence-electron chi connectivity index (χ2n) is 3.95. The molecule has 0 saturated carbocycles. The Bertz CT molecular complexity index is 752. The van der Waals surface area contributed by atoms with E-state index in [0.717, 1.165) is 6.07 Å². The SMILES string of the molecule is Cn1cc(S(=O)(=O)Nc2ccc(Cl)nc2)cc1C(=O)O. The van der Waals surface area contributed by atoms with E-state index in [-0.39, 0.29) is 21.4 Å². The molecule has 0 spiro atoms. The minimum Gasteiger partial charge on any atom is -0.477 e. The number of carboxylic acid groups (broad SMARTS) is 1. The number of carbonyl (C=O) groups is 1. The van der Waals surface area contributed by atoms with Crippen LogP contribution in [0.2, 0.25) is 5.15 Å². The molecule has 0 atom stereocenters. The number of hydrogen-bond donors (Lipinski definition) is 2. The lowest BCUT2D eigenvalue weighted by atomic mass is 10.4. The fraction of sp³-hybridized carbons (Fsp3) is 0.0909. The van der Waals surface area contributed by atoms with Crippen molar-refractivity contribution in [2.24, 2.45) is 7.05 Å². The van der Waals surface area contributed by atoms with Crippen LogP contribution in [-0.2, 0) is 17.1 Å². The van der Waals surface area contributed by atoms with Crippen LogP contribution in [0.5, 0.6) is 0 Å². The number of hydrogen-bond acceptors (Lipinski definition) is 4. The van der Waals surface area contributed by atoms with E-state index in [0.29, 0.717) is 0 Å². The molecule has 0 radical (unpaired) electrons. The number of pyridine rings is 1. The molecule has 106 valence electrons. The predicted molar refractivity (Wildman–Crippen MR) is 72.4 cm³/mol. The topological polar surface area (TPSA) is 101 Å². The molecule has 2 heterocycles. The number of aromatic carboxylic acids is 1. The number of nitrogens with zero attached hydrogens (tertiary/aromatic N) is 2. The third-order valence-corrected chi connectivity index (χ3v) is 4.06. The van der Waals surface area contributed by atoms with Gasteiger partial charge in [0.2, 0.25) is 0 Å². The monoisotopic (exact) mass is 315 g/mol. The van der Waals surface area contributed by atoms with Crippen LogP contribution in [0, 0.1) is 0 Å². The summed E-state index contributed by atoms with van der Waals surface area (Å²) in [5.74, 6) is -1.21. The van der Waals surface area contributed by atoms with Crippen LogP contribution in [-0.4, -0.2) is 29.0 Å².